The molecule has 1 aromatic rings. The first-order valence-electron chi connectivity index (χ1n) is 12.3. The number of hydrogen-bond donors (Lipinski definition) is 1. The van der Waals surface area contributed by atoms with Crippen LogP contribution in [0.2, 0.25) is 0 Å². The van der Waals surface area contributed by atoms with Crippen molar-refractivity contribution in [2.75, 3.05) is 0 Å². The van der Waals surface area contributed by atoms with Gasteiger partial charge in [-0.1, -0.05) is 34.1 Å². The van der Waals surface area contributed by atoms with Gasteiger partial charge in [0.05, 0.1) is 5.56 Å². The van der Waals surface area contributed by atoms with Crippen molar-refractivity contribution < 1.29 is 9.90 Å². The number of carboxylic acids is 1. The van der Waals surface area contributed by atoms with Gasteiger partial charge in [-0.2, -0.15) is 0 Å². The molecule has 0 aromatic heterocycles. The molecule has 9 rings (SSSR count). The minimum absolute atomic E-state index is 0.113. The standard InChI is InChI=1S/C27H33BrO2/c28-27-13-19-6-20(14-27)12-26(11-19,16-27)25-9-17-5-18(10-25)8-24(7-17,15-25)22-4-2-1-3-21(22)23(29)30/h1-4,17-20H,5-16H2,(H,29,30). The van der Waals surface area contributed by atoms with E-state index in [1.54, 1.807) is 0 Å². The van der Waals surface area contributed by atoms with E-state index in [-0.39, 0.29) is 5.41 Å². The number of benzene rings is 1. The van der Waals surface area contributed by atoms with E-state index in [0.29, 0.717) is 20.7 Å². The third kappa shape index (κ3) is 2.34. The molecule has 8 saturated carbocycles. The summed E-state index contributed by atoms with van der Waals surface area (Å²) >= 11 is 4.28. The van der Waals surface area contributed by atoms with E-state index >= 15 is 0 Å². The quantitative estimate of drug-likeness (QED) is 0.486. The summed E-state index contributed by atoms with van der Waals surface area (Å²) in [7, 11) is 0. The number of rotatable bonds is 3. The monoisotopic (exact) mass is 468 g/mol. The lowest BCUT2D eigenvalue weighted by Crippen LogP contribution is -2.65. The Bertz CT molecular complexity index is 907. The van der Waals surface area contributed by atoms with Crippen LogP contribution in [-0.4, -0.2) is 15.4 Å². The molecule has 4 unspecified atom stereocenters. The highest BCUT2D eigenvalue weighted by Crippen LogP contribution is 2.78. The number of carboxylic acid groups (broad SMARTS) is 1. The van der Waals surface area contributed by atoms with E-state index in [0.717, 1.165) is 23.7 Å². The third-order valence-corrected chi connectivity index (χ3v) is 11.8. The normalized spacial score (nSPS) is 52.7. The van der Waals surface area contributed by atoms with Crippen LogP contribution in [0.25, 0.3) is 0 Å². The highest BCUT2D eigenvalue weighted by molar-refractivity contribution is 9.10. The minimum Gasteiger partial charge on any atom is -0.478 e. The summed E-state index contributed by atoms with van der Waals surface area (Å²) in [6.07, 6.45) is 16.6. The second-order valence-electron chi connectivity index (χ2n) is 12.8. The van der Waals surface area contributed by atoms with Gasteiger partial charge in [0.1, 0.15) is 0 Å². The fourth-order valence-electron chi connectivity index (χ4n) is 11.1. The van der Waals surface area contributed by atoms with E-state index in [4.69, 9.17) is 0 Å². The lowest BCUT2D eigenvalue weighted by atomic mass is 9.32. The van der Waals surface area contributed by atoms with Crippen LogP contribution < -0.4 is 0 Å². The number of alkyl halides is 1. The second-order valence-corrected chi connectivity index (χ2v) is 14.4. The zero-order chi connectivity index (χ0) is 20.4. The highest BCUT2D eigenvalue weighted by Gasteiger charge is 2.69. The lowest BCUT2D eigenvalue weighted by Gasteiger charge is -2.73. The molecule has 0 spiro atoms. The van der Waals surface area contributed by atoms with Crippen LogP contribution in [0.5, 0.6) is 0 Å². The Morgan fingerprint density at radius 1 is 0.800 bits per heavy atom. The second kappa shape index (κ2) is 5.74. The molecule has 8 bridgehead atoms. The predicted molar refractivity (Wildman–Crippen MR) is 121 cm³/mol. The van der Waals surface area contributed by atoms with Crippen molar-refractivity contribution in [2.24, 2.45) is 34.5 Å². The molecule has 1 aromatic carbocycles. The molecule has 0 radical (unpaired) electrons. The average Bonchev–Trinajstić information content (AvgIpc) is 2.65. The largest absolute Gasteiger partial charge is 0.478 e. The van der Waals surface area contributed by atoms with Gasteiger partial charge in [0, 0.05) is 4.32 Å². The van der Waals surface area contributed by atoms with Crippen LogP contribution in [-0.2, 0) is 5.41 Å². The highest BCUT2D eigenvalue weighted by atomic mass is 79.9. The van der Waals surface area contributed by atoms with Gasteiger partial charge in [-0.05, 0) is 129 Å². The summed E-state index contributed by atoms with van der Waals surface area (Å²) in [6.45, 7) is 0. The van der Waals surface area contributed by atoms with Crippen molar-refractivity contribution in [2.45, 2.75) is 86.8 Å². The first-order valence-corrected chi connectivity index (χ1v) is 13.1. The summed E-state index contributed by atoms with van der Waals surface area (Å²) in [6, 6.07) is 8.04. The van der Waals surface area contributed by atoms with E-state index in [1.807, 2.05) is 12.1 Å². The maximum atomic E-state index is 12.2. The van der Waals surface area contributed by atoms with Gasteiger partial charge >= 0.3 is 5.97 Å². The van der Waals surface area contributed by atoms with Gasteiger partial charge in [-0.15, -0.1) is 0 Å². The fourth-order valence-corrected chi connectivity index (χ4v) is 12.6. The van der Waals surface area contributed by atoms with Gasteiger partial charge in [-0.25, -0.2) is 4.79 Å². The molecule has 0 saturated heterocycles. The number of aromatic carboxylic acids is 1. The molecule has 8 fully saturated rings. The van der Waals surface area contributed by atoms with Crippen LogP contribution in [0.4, 0.5) is 0 Å². The first-order chi connectivity index (χ1) is 14.3. The van der Waals surface area contributed by atoms with Crippen LogP contribution in [0.15, 0.2) is 24.3 Å². The zero-order valence-corrected chi connectivity index (χ0v) is 19.4. The topological polar surface area (TPSA) is 37.3 Å². The Morgan fingerprint density at radius 3 is 1.90 bits per heavy atom. The molecule has 8 aliphatic rings. The first kappa shape index (κ1) is 18.7. The Balaban J connectivity index is 1.36. The van der Waals surface area contributed by atoms with Gasteiger partial charge < -0.3 is 5.11 Å². The molecule has 160 valence electrons. The van der Waals surface area contributed by atoms with Crippen LogP contribution in [0.3, 0.4) is 0 Å². The van der Waals surface area contributed by atoms with Crippen LogP contribution in [0.1, 0.15) is 93.0 Å². The smallest absolute Gasteiger partial charge is 0.335 e. The van der Waals surface area contributed by atoms with E-state index in [1.165, 1.54) is 82.6 Å². The molecule has 2 nitrogen and oxygen atoms in total. The summed E-state index contributed by atoms with van der Waals surface area (Å²) in [4.78, 5) is 12.2. The Labute approximate surface area is 188 Å². The minimum atomic E-state index is -0.732. The Morgan fingerprint density at radius 2 is 1.33 bits per heavy atom. The summed E-state index contributed by atoms with van der Waals surface area (Å²) < 4.78 is 0.409. The predicted octanol–water partition coefficient (Wildman–Crippen LogP) is 6.96. The van der Waals surface area contributed by atoms with Crippen molar-refractivity contribution in [1.82, 2.24) is 0 Å². The molecule has 3 heteroatoms. The van der Waals surface area contributed by atoms with Crippen molar-refractivity contribution in [1.29, 1.82) is 0 Å². The van der Waals surface area contributed by atoms with E-state index in [9.17, 15) is 9.90 Å². The molecule has 30 heavy (non-hydrogen) atoms. The van der Waals surface area contributed by atoms with Crippen molar-refractivity contribution >= 4 is 21.9 Å². The molecule has 0 amide bonds. The Kier molecular flexibility index (Phi) is 3.58. The van der Waals surface area contributed by atoms with E-state index in [2.05, 4.69) is 28.1 Å². The summed E-state index contributed by atoms with van der Waals surface area (Å²) in [5.41, 5.74) is 2.84. The molecule has 0 heterocycles. The lowest BCUT2D eigenvalue weighted by molar-refractivity contribution is -0.200. The molecule has 8 aliphatic carbocycles. The fraction of sp³-hybridized carbons (Fsp3) is 0.741. The maximum Gasteiger partial charge on any atom is 0.335 e. The average molecular weight is 469 g/mol. The van der Waals surface area contributed by atoms with Crippen molar-refractivity contribution in [3.05, 3.63) is 35.4 Å². The van der Waals surface area contributed by atoms with Crippen LogP contribution >= 0.6 is 15.9 Å². The van der Waals surface area contributed by atoms with Gasteiger partial charge in [0.15, 0.2) is 0 Å². The molecule has 1 N–H and O–H groups in total. The third-order valence-electron chi connectivity index (χ3n) is 10.9. The molecule has 4 atom stereocenters. The summed E-state index contributed by atoms with van der Waals surface area (Å²) in [5.74, 6) is 2.76. The number of carbonyl (C=O) groups is 1. The maximum absolute atomic E-state index is 12.2. The van der Waals surface area contributed by atoms with Crippen LogP contribution in [0, 0.1) is 34.5 Å². The zero-order valence-electron chi connectivity index (χ0n) is 17.8. The van der Waals surface area contributed by atoms with Gasteiger partial charge in [-0.3, -0.25) is 0 Å². The molecular weight excluding hydrogens is 436 g/mol. The summed E-state index contributed by atoms with van der Waals surface area (Å²) in [5, 5.41) is 9.99. The SMILES string of the molecule is O=C(O)c1ccccc1C12CC3CC(C1)CC(C14CC5CC(CC(Br)(C5)C1)C4)(C3)C2. The van der Waals surface area contributed by atoms with E-state index < -0.39 is 5.97 Å². The molecule has 0 aliphatic heterocycles. The van der Waals surface area contributed by atoms with Gasteiger partial charge in [0.2, 0.25) is 0 Å². The number of hydrogen-bond acceptors (Lipinski definition) is 1. The van der Waals surface area contributed by atoms with Gasteiger partial charge in [0.25, 0.3) is 0 Å². The Hall–Kier alpha value is -0.830. The molecular formula is C27H33BrO2. The number of halogens is 1. The van der Waals surface area contributed by atoms with Crippen molar-refractivity contribution in [3.8, 4) is 0 Å². The van der Waals surface area contributed by atoms with Crippen molar-refractivity contribution in [3.63, 3.8) is 0 Å².